The molecule has 5 nitrogen and oxygen atoms in total. The second kappa shape index (κ2) is 11.7. The predicted octanol–water partition coefficient (Wildman–Crippen LogP) is 10.3. The van der Waals surface area contributed by atoms with Crippen molar-refractivity contribution in [3.8, 4) is 34.1 Å². The van der Waals surface area contributed by atoms with Gasteiger partial charge in [-0.1, -0.05) is 56.7 Å². The SMILES string of the molecule is CCCc1ccc2c(c1)c1ccc(Oc3cc(CC)cc(-n4nc(C)c(-c5ccccc5)c4C)c3)cc1n2-c1cc(C)ccn1. The summed E-state index contributed by atoms with van der Waals surface area (Å²) in [6, 6.07) is 34.3. The fourth-order valence-corrected chi connectivity index (χ4v) is 6.53. The maximum atomic E-state index is 6.65. The fraction of sp³-hybridized carbons (Fsp3) is 0.200. The van der Waals surface area contributed by atoms with Crippen molar-refractivity contribution in [2.75, 3.05) is 0 Å². The molecule has 3 heterocycles. The van der Waals surface area contributed by atoms with Crippen molar-refractivity contribution in [1.29, 1.82) is 0 Å². The first kappa shape index (κ1) is 28.6. The van der Waals surface area contributed by atoms with Gasteiger partial charge in [-0.3, -0.25) is 4.57 Å². The number of nitrogens with zero attached hydrogens (tertiary/aromatic N) is 4. The molecule has 5 heteroatoms. The first-order valence-electron chi connectivity index (χ1n) is 15.9. The molecule has 0 fully saturated rings. The van der Waals surface area contributed by atoms with Crippen LogP contribution in [0, 0.1) is 20.8 Å². The number of rotatable bonds is 8. The van der Waals surface area contributed by atoms with Crippen molar-refractivity contribution in [2.24, 2.45) is 0 Å². The van der Waals surface area contributed by atoms with Crippen LogP contribution in [0.5, 0.6) is 11.5 Å². The number of benzene rings is 4. The van der Waals surface area contributed by atoms with Gasteiger partial charge in [-0.05, 0) is 104 Å². The summed E-state index contributed by atoms with van der Waals surface area (Å²) in [4.78, 5) is 4.77. The average molecular weight is 591 g/mol. The largest absolute Gasteiger partial charge is 0.457 e. The van der Waals surface area contributed by atoms with Gasteiger partial charge in [-0.25, -0.2) is 9.67 Å². The smallest absolute Gasteiger partial charge is 0.137 e. The van der Waals surface area contributed by atoms with Gasteiger partial charge < -0.3 is 4.74 Å². The summed E-state index contributed by atoms with van der Waals surface area (Å²) in [5.41, 5.74) is 11.4. The average Bonchev–Trinajstić information content (AvgIpc) is 3.53. The minimum atomic E-state index is 0.783. The van der Waals surface area contributed by atoms with Crippen molar-refractivity contribution in [1.82, 2.24) is 19.3 Å². The molecule has 0 radical (unpaired) electrons. The summed E-state index contributed by atoms with van der Waals surface area (Å²) in [7, 11) is 0. The molecular weight excluding hydrogens is 552 g/mol. The van der Waals surface area contributed by atoms with E-state index in [1.165, 1.54) is 38.6 Å². The van der Waals surface area contributed by atoms with Crippen molar-refractivity contribution in [3.63, 3.8) is 0 Å². The van der Waals surface area contributed by atoms with Gasteiger partial charge in [0.15, 0.2) is 0 Å². The Morgan fingerprint density at radius 3 is 2.33 bits per heavy atom. The number of hydrogen-bond donors (Lipinski definition) is 0. The number of ether oxygens (including phenoxy) is 1. The second-order valence-corrected chi connectivity index (χ2v) is 11.9. The molecule has 0 bridgehead atoms. The van der Waals surface area contributed by atoms with Gasteiger partial charge in [0.1, 0.15) is 17.3 Å². The summed E-state index contributed by atoms with van der Waals surface area (Å²) in [6.45, 7) is 10.7. The second-order valence-electron chi connectivity index (χ2n) is 11.9. The fourth-order valence-electron chi connectivity index (χ4n) is 6.53. The molecule has 0 aliphatic carbocycles. The van der Waals surface area contributed by atoms with E-state index in [1.54, 1.807) is 0 Å². The highest BCUT2D eigenvalue weighted by atomic mass is 16.5. The maximum absolute atomic E-state index is 6.65. The van der Waals surface area contributed by atoms with E-state index in [0.717, 1.165) is 64.7 Å². The van der Waals surface area contributed by atoms with Crippen LogP contribution in [0.15, 0.2) is 103 Å². The molecular formula is C40H38N4O. The van der Waals surface area contributed by atoms with Gasteiger partial charge in [-0.15, -0.1) is 0 Å². The van der Waals surface area contributed by atoms with Gasteiger partial charge in [0, 0.05) is 40.4 Å². The number of aryl methyl sites for hydroxylation is 4. The third-order valence-electron chi connectivity index (χ3n) is 8.66. The van der Waals surface area contributed by atoms with E-state index in [9.17, 15) is 0 Å². The molecule has 0 unspecified atom stereocenters. The Morgan fingerprint density at radius 2 is 1.56 bits per heavy atom. The van der Waals surface area contributed by atoms with E-state index >= 15 is 0 Å². The molecule has 0 atom stereocenters. The van der Waals surface area contributed by atoms with Crippen molar-refractivity contribution < 1.29 is 4.74 Å². The van der Waals surface area contributed by atoms with Crippen LogP contribution in [0.4, 0.5) is 0 Å². The van der Waals surface area contributed by atoms with Crippen LogP contribution in [0.3, 0.4) is 0 Å². The van der Waals surface area contributed by atoms with Gasteiger partial charge in [0.05, 0.1) is 22.4 Å². The molecule has 0 amide bonds. The zero-order valence-electron chi connectivity index (χ0n) is 26.6. The minimum absolute atomic E-state index is 0.783. The van der Waals surface area contributed by atoms with Crippen molar-refractivity contribution >= 4 is 21.8 Å². The summed E-state index contributed by atoms with van der Waals surface area (Å²) in [5.74, 6) is 2.48. The Balaban J connectivity index is 1.33. The van der Waals surface area contributed by atoms with Gasteiger partial charge in [0.25, 0.3) is 0 Å². The van der Waals surface area contributed by atoms with Crippen LogP contribution in [-0.2, 0) is 12.8 Å². The van der Waals surface area contributed by atoms with E-state index < -0.39 is 0 Å². The molecule has 7 rings (SSSR count). The molecule has 0 aliphatic heterocycles. The maximum Gasteiger partial charge on any atom is 0.137 e. The van der Waals surface area contributed by atoms with Crippen LogP contribution in [-0.4, -0.2) is 19.3 Å². The van der Waals surface area contributed by atoms with Crippen LogP contribution in [0.25, 0.3) is 44.4 Å². The number of aromatic nitrogens is 4. The van der Waals surface area contributed by atoms with Crippen LogP contribution in [0.2, 0.25) is 0 Å². The number of hydrogen-bond acceptors (Lipinski definition) is 3. The Morgan fingerprint density at radius 1 is 0.711 bits per heavy atom. The van der Waals surface area contributed by atoms with E-state index in [0.29, 0.717) is 0 Å². The normalized spacial score (nSPS) is 11.5. The third kappa shape index (κ3) is 5.29. The van der Waals surface area contributed by atoms with Crippen molar-refractivity contribution in [3.05, 3.63) is 131 Å². The Kier molecular flexibility index (Phi) is 7.46. The zero-order valence-corrected chi connectivity index (χ0v) is 26.6. The first-order valence-corrected chi connectivity index (χ1v) is 15.9. The lowest BCUT2D eigenvalue weighted by Gasteiger charge is -2.13. The third-order valence-corrected chi connectivity index (χ3v) is 8.66. The van der Waals surface area contributed by atoms with Gasteiger partial charge in [0.2, 0.25) is 0 Å². The Bertz CT molecular complexity index is 2170. The number of pyridine rings is 1. The molecule has 0 aliphatic rings. The standard InChI is InChI=1S/C40H38N4O/c1-6-11-30-14-17-37-36(23-30)35-16-15-33(25-38(35)43(37)39-20-26(3)18-19-41-39)45-34-22-29(7-2)21-32(24-34)44-28(5)40(27(4)42-44)31-12-9-8-10-13-31/h8-10,12-25H,6-7,11H2,1-5H3. The summed E-state index contributed by atoms with van der Waals surface area (Å²) < 4.78 is 11.0. The van der Waals surface area contributed by atoms with Crippen molar-refractivity contribution in [2.45, 2.75) is 53.9 Å². The van der Waals surface area contributed by atoms with Crippen LogP contribution < -0.4 is 4.74 Å². The summed E-state index contributed by atoms with van der Waals surface area (Å²) >= 11 is 0. The lowest BCUT2D eigenvalue weighted by molar-refractivity contribution is 0.482. The van der Waals surface area contributed by atoms with E-state index in [2.05, 4.69) is 124 Å². The number of fused-ring (bicyclic) bond motifs is 3. The predicted molar refractivity (Wildman–Crippen MR) is 185 cm³/mol. The van der Waals surface area contributed by atoms with Crippen LogP contribution in [0.1, 0.15) is 48.3 Å². The Labute approximate surface area is 264 Å². The van der Waals surface area contributed by atoms with E-state index in [4.69, 9.17) is 14.8 Å². The van der Waals surface area contributed by atoms with Gasteiger partial charge in [-0.2, -0.15) is 5.10 Å². The van der Waals surface area contributed by atoms with E-state index in [-0.39, 0.29) is 0 Å². The van der Waals surface area contributed by atoms with Crippen LogP contribution >= 0.6 is 0 Å². The molecule has 224 valence electrons. The lowest BCUT2D eigenvalue weighted by atomic mass is 10.0. The highest BCUT2D eigenvalue weighted by Crippen LogP contribution is 2.37. The minimum Gasteiger partial charge on any atom is -0.457 e. The summed E-state index contributed by atoms with van der Waals surface area (Å²) in [5, 5.41) is 7.40. The Hall–Kier alpha value is -5.16. The summed E-state index contributed by atoms with van der Waals surface area (Å²) in [6.07, 6.45) is 4.95. The molecule has 3 aromatic heterocycles. The molecule has 45 heavy (non-hydrogen) atoms. The molecule has 0 spiro atoms. The zero-order chi connectivity index (χ0) is 31.1. The molecule has 0 saturated heterocycles. The molecule has 0 N–H and O–H groups in total. The highest BCUT2D eigenvalue weighted by molar-refractivity contribution is 6.09. The molecule has 4 aromatic carbocycles. The first-order chi connectivity index (χ1) is 21.9. The van der Waals surface area contributed by atoms with E-state index in [1.807, 2.05) is 23.0 Å². The molecule has 7 aromatic rings. The quantitative estimate of drug-likeness (QED) is 0.177. The van der Waals surface area contributed by atoms with Gasteiger partial charge >= 0.3 is 0 Å². The topological polar surface area (TPSA) is 44.9 Å². The lowest BCUT2D eigenvalue weighted by Crippen LogP contribution is -2.01. The molecule has 0 saturated carbocycles. The highest BCUT2D eigenvalue weighted by Gasteiger charge is 2.18. The monoisotopic (exact) mass is 590 g/mol.